The minimum Gasteiger partial charge on any atom is -0.497 e. The van der Waals surface area contributed by atoms with Crippen molar-refractivity contribution in [2.24, 2.45) is 0 Å². The number of amides is 2. The molecule has 2 heterocycles. The Morgan fingerprint density at radius 1 is 0.906 bits per heavy atom. The van der Waals surface area contributed by atoms with Gasteiger partial charge in [-0.05, 0) is 74.0 Å². The zero-order valence-electron chi connectivity index (χ0n) is 18.0. The molecular formula is C24H23N5O3. The summed E-state index contributed by atoms with van der Waals surface area (Å²) in [7, 11) is 1.61. The Morgan fingerprint density at radius 2 is 1.62 bits per heavy atom. The van der Waals surface area contributed by atoms with Crippen LogP contribution in [0, 0.1) is 13.8 Å². The van der Waals surface area contributed by atoms with Crippen LogP contribution in [-0.2, 0) is 0 Å². The molecule has 0 aliphatic heterocycles. The zero-order valence-corrected chi connectivity index (χ0v) is 18.0. The summed E-state index contributed by atoms with van der Waals surface area (Å²) in [6.07, 6.45) is 3.81. The predicted molar refractivity (Wildman–Crippen MR) is 123 cm³/mol. The highest BCUT2D eigenvalue weighted by Crippen LogP contribution is 2.24. The number of anilines is 2. The summed E-state index contributed by atoms with van der Waals surface area (Å²) < 4.78 is 13.0. The lowest BCUT2D eigenvalue weighted by molar-refractivity contribution is 0.262. The van der Waals surface area contributed by atoms with Crippen LogP contribution in [0.15, 0.2) is 73.1 Å². The Labute approximate surface area is 185 Å². The smallest absolute Gasteiger partial charge is 0.323 e. The normalized spacial score (nSPS) is 10.5. The quantitative estimate of drug-likeness (QED) is 0.432. The Balaban J connectivity index is 1.40. The van der Waals surface area contributed by atoms with Crippen LogP contribution >= 0.6 is 0 Å². The number of aromatic nitrogens is 3. The summed E-state index contributed by atoms with van der Waals surface area (Å²) in [5.41, 5.74) is 2.25. The first-order valence-electron chi connectivity index (χ1n) is 10.00. The van der Waals surface area contributed by atoms with Crippen LogP contribution in [0.5, 0.6) is 17.4 Å². The third-order valence-corrected chi connectivity index (χ3v) is 4.69. The molecule has 2 aromatic heterocycles. The number of nitrogens with zero attached hydrogens (tertiary/aromatic N) is 3. The molecular weight excluding hydrogens is 406 g/mol. The van der Waals surface area contributed by atoms with E-state index in [0.717, 1.165) is 17.1 Å². The monoisotopic (exact) mass is 429 g/mol. The van der Waals surface area contributed by atoms with Gasteiger partial charge in [-0.25, -0.2) is 9.78 Å². The number of carbonyl (C=O) groups is 1. The van der Waals surface area contributed by atoms with Gasteiger partial charge in [0.05, 0.1) is 7.11 Å². The molecule has 0 unspecified atom stereocenters. The average Bonchev–Trinajstić information content (AvgIpc) is 3.31. The Kier molecular flexibility index (Phi) is 6.03. The van der Waals surface area contributed by atoms with Crippen LogP contribution in [0.25, 0.3) is 5.82 Å². The summed E-state index contributed by atoms with van der Waals surface area (Å²) in [6.45, 7) is 3.72. The molecule has 0 fully saturated rings. The number of aryl methyl sites for hydroxylation is 2. The summed E-state index contributed by atoms with van der Waals surface area (Å²) in [6, 6.07) is 17.8. The van der Waals surface area contributed by atoms with E-state index in [2.05, 4.69) is 20.6 Å². The fourth-order valence-corrected chi connectivity index (χ4v) is 3.11. The first-order chi connectivity index (χ1) is 15.5. The lowest BCUT2D eigenvalue weighted by atomic mass is 10.2. The van der Waals surface area contributed by atoms with Crippen molar-refractivity contribution in [3.8, 4) is 23.2 Å². The van der Waals surface area contributed by atoms with Crippen molar-refractivity contribution in [3.63, 3.8) is 0 Å². The van der Waals surface area contributed by atoms with E-state index < -0.39 is 0 Å². The second-order valence-corrected chi connectivity index (χ2v) is 7.09. The lowest BCUT2D eigenvalue weighted by Crippen LogP contribution is -2.19. The number of ether oxygens (including phenoxy) is 2. The molecule has 0 bridgehead atoms. The van der Waals surface area contributed by atoms with Crippen molar-refractivity contribution < 1.29 is 14.3 Å². The van der Waals surface area contributed by atoms with Gasteiger partial charge in [-0.15, -0.1) is 0 Å². The molecule has 0 spiro atoms. The van der Waals surface area contributed by atoms with Crippen LogP contribution < -0.4 is 20.1 Å². The van der Waals surface area contributed by atoms with Gasteiger partial charge >= 0.3 is 6.03 Å². The average molecular weight is 429 g/mol. The largest absolute Gasteiger partial charge is 0.497 e. The van der Waals surface area contributed by atoms with Gasteiger partial charge in [0.25, 0.3) is 0 Å². The van der Waals surface area contributed by atoms with Gasteiger partial charge in [0.15, 0.2) is 0 Å². The number of hydrogen-bond donors (Lipinski definition) is 2. The summed E-state index contributed by atoms with van der Waals surface area (Å²) in [5, 5.41) is 5.64. The maximum atomic E-state index is 12.3. The number of carbonyl (C=O) groups excluding carboxylic acids is 1. The first-order valence-corrected chi connectivity index (χ1v) is 10.00. The molecule has 162 valence electrons. The minimum atomic E-state index is -0.338. The molecule has 0 atom stereocenters. The number of rotatable bonds is 6. The molecule has 2 aromatic carbocycles. The summed E-state index contributed by atoms with van der Waals surface area (Å²) in [5.74, 6) is 3.10. The number of hydrogen-bond acceptors (Lipinski definition) is 5. The van der Waals surface area contributed by atoms with Crippen molar-refractivity contribution in [3.05, 3.63) is 84.4 Å². The van der Waals surface area contributed by atoms with Crippen molar-refractivity contribution in [2.75, 3.05) is 17.7 Å². The lowest BCUT2D eigenvalue weighted by Gasteiger charge is -2.12. The van der Waals surface area contributed by atoms with E-state index in [1.54, 1.807) is 49.6 Å². The SMILES string of the molecule is COc1ccc(NC(=O)Nc2ccc(Oc3cc(-n4cccc4)nc(C)n3)cc2)c(C)c1. The van der Waals surface area contributed by atoms with E-state index >= 15 is 0 Å². The Hall–Kier alpha value is -4.33. The molecule has 0 aliphatic carbocycles. The first kappa shape index (κ1) is 20.9. The molecule has 2 amide bonds. The topological polar surface area (TPSA) is 90.3 Å². The molecule has 0 radical (unpaired) electrons. The number of urea groups is 1. The van der Waals surface area contributed by atoms with Crippen LogP contribution in [0.4, 0.5) is 16.2 Å². The van der Waals surface area contributed by atoms with Crippen molar-refractivity contribution in [1.29, 1.82) is 0 Å². The molecule has 32 heavy (non-hydrogen) atoms. The van der Waals surface area contributed by atoms with E-state index in [1.165, 1.54) is 0 Å². The Bertz CT molecular complexity index is 1220. The van der Waals surface area contributed by atoms with E-state index in [4.69, 9.17) is 9.47 Å². The number of methoxy groups -OCH3 is 1. The van der Waals surface area contributed by atoms with Gasteiger partial charge < -0.3 is 24.7 Å². The fourth-order valence-electron chi connectivity index (χ4n) is 3.11. The fraction of sp³-hybridized carbons (Fsp3) is 0.125. The van der Waals surface area contributed by atoms with E-state index in [9.17, 15) is 4.79 Å². The van der Waals surface area contributed by atoms with Gasteiger partial charge in [0, 0.05) is 29.8 Å². The number of nitrogens with one attached hydrogen (secondary N) is 2. The van der Waals surface area contributed by atoms with E-state index in [-0.39, 0.29) is 6.03 Å². The maximum absolute atomic E-state index is 12.3. The van der Waals surface area contributed by atoms with Crippen molar-refractivity contribution in [1.82, 2.24) is 14.5 Å². The third kappa shape index (κ3) is 5.04. The van der Waals surface area contributed by atoms with Crippen LogP contribution in [0.3, 0.4) is 0 Å². The Morgan fingerprint density at radius 3 is 2.31 bits per heavy atom. The van der Waals surface area contributed by atoms with Gasteiger partial charge in [-0.1, -0.05) is 0 Å². The standard InChI is InChI=1S/C24H23N5O3/c1-16-14-20(31-3)10-11-21(16)28-24(30)27-18-6-8-19(9-7-18)32-23-15-22(25-17(2)26-23)29-12-4-5-13-29/h4-15H,1-3H3,(H2,27,28,30). The minimum absolute atomic E-state index is 0.338. The summed E-state index contributed by atoms with van der Waals surface area (Å²) >= 11 is 0. The molecule has 0 saturated heterocycles. The molecule has 4 aromatic rings. The zero-order chi connectivity index (χ0) is 22.5. The second kappa shape index (κ2) is 9.22. The highest BCUT2D eigenvalue weighted by molar-refractivity contribution is 6.00. The van der Waals surface area contributed by atoms with E-state index in [0.29, 0.717) is 28.8 Å². The van der Waals surface area contributed by atoms with Crippen LogP contribution in [0.1, 0.15) is 11.4 Å². The highest BCUT2D eigenvalue weighted by atomic mass is 16.5. The van der Waals surface area contributed by atoms with Gasteiger partial charge in [-0.3, -0.25) is 0 Å². The van der Waals surface area contributed by atoms with Crippen LogP contribution in [-0.4, -0.2) is 27.7 Å². The van der Waals surface area contributed by atoms with Gasteiger partial charge in [0.2, 0.25) is 5.88 Å². The molecule has 0 aliphatic rings. The highest BCUT2D eigenvalue weighted by Gasteiger charge is 2.08. The van der Waals surface area contributed by atoms with Crippen molar-refractivity contribution >= 4 is 17.4 Å². The predicted octanol–water partition coefficient (Wildman–Crippen LogP) is 5.33. The molecule has 4 rings (SSSR count). The summed E-state index contributed by atoms with van der Waals surface area (Å²) in [4.78, 5) is 21.1. The maximum Gasteiger partial charge on any atom is 0.323 e. The second-order valence-electron chi connectivity index (χ2n) is 7.09. The van der Waals surface area contributed by atoms with Crippen molar-refractivity contribution in [2.45, 2.75) is 13.8 Å². The van der Waals surface area contributed by atoms with Gasteiger partial charge in [-0.2, -0.15) is 4.98 Å². The molecule has 0 saturated carbocycles. The van der Waals surface area contributed by atoms with E-state index in [1.807, 2.05) is 49.0 Å². The van der Waals surface area contributed by atoms with Crippen LogP contribution in [0.2, 0.25) is 0 Å². The number of benzene rings is 2. The van der Waals surface area contributed by atoms with Gasteiger partial charge in [0.1, 0.15) is 23.1 Å². The molecule has 8 nitrogen and oxygen atoms in total. The third-order valence-electron chi connectivity index (χ3n) is 4.69. The molecule has 8 heteroatoms. The molecule has 2 N–H and O–H groups in total.